The number of anilines is 3. The van der Waals surface area contributed by atoms with Crippen molar-refractivity contribution in [3.8, 4) is 0 Å². The molecule has 1 aromatic heterocycles. The highest BCUT2D eigenvalue weighted by Crippen LogP contribution is 2.40. The Morgan fingerprint density at radius 3 is 2.37 bits per heavy atom. The van der Waals surface area contributed by atoms with Gasteiger partial charge in [-0.1, -0.05) is 19.8 Å². The molecule has 0 saturated heterocycles. The molecule has 1 aliphatic rings. The molecule has 5 nitrogen and oxygen atoms in total. The molecule has 1 aliphatic carbocycles. The van der Waals surface area contributed by atoms with Crippen LogP contribution < -0.4 is 16.4 Å². The Hall–Kier alpha value is -1.52. The minimum Gasteiger partial charge on any atom is -0.370 e. The minimum atomic E-state index is 0.318. The molecule has 0 amide bonds. The summed E-state index contributed by atoms with van der Waals surface area (Å²) < 4.78 is 0. The fraction of sp³-hybridized carbons (Fsp3) is 0.714. The van der Waals surface area contributed by atoms with Crippen LogP contribution in [0.2, 0.25) is 0 Å². The topological polar surface area (TPSA) is 75.9 Å². The molecule has 0 atom stereocenters. The van der Waals surface area contributed by atoms with Gasteiger partial charge in [0.05, 0.1) is 0 Å². The van der Waals surface area contributed by atoms with Gasteiger partial charge in [-0.05, 0) is 31.6 Å². The molecule has 0 radical (unpaired) electrons. The average molecular weight is 263 g/mol. The number of hydrogen-bond donors (Lipinski definition) is 3. The van der Waals surface area contributed by atoms with Gasteiger partial charge in [-0.15, -0.1) is 0 Å². The van der Waals surface area contributed by atoms with Crippen LogP contribution in [0.5, 0.6) is 0 Å². The third-order valence-corrected chi connectivity index (χ3v) is 4.16. The van der Waals surface area contributed by atoms with Gasteiger partial charge >= 0.3 is 0 Å². The molecule has 1 saturated carbocycles. The highest BCUT2D eigenvalue weighted by molar-refractivity contribution is 5.51. The summed E-state index contributed by atoms with van der Waals surface area (Å²) in [5.74, 6) is 1.93. The summed E-state index contributed by atoms with van der Waals surface area (Å²) >= 11 is 0. The monoisotopic (exact) mass is 263 g/mol. The number of nitrogen functional groups attached to an aromatic ring is 1. The number of nitrogens with two attached hydrogens (primary N) is 1. The van der Waals surface area contributed by atoms with E-state index in [9.17, 15) is 0 Å². The molecular weight excluding hydrogens is 238 g/mol. The third-order valence-electron chi connectivity index (χ3n) is 4.16. The molecule has 2 rings (SSSR count). The first-order valence-corrected chi connectivity index (χ1v) is 7.30. The molecule has 0 spiro atoms. The first kappa shape index (κ1) is 13.9. The van der Waals surface area contributed by atoms with E-state index in [-0.39, 0.29) is 0 Å². The maximum atomic E-state index is 5.74. The van der Waals surface area contributed by atoms with Crippen molar-refractivity contribution in [2.75, 3.05) is 29.5 Å². The van der Waals surface area contributed by atoms with Crippen molar-refractivity contribution in [1.82, 2.24) is 9.97 Å². The maximum absolute atomic E-state index is 5.74. The van der Waals surface area contributed by atoms with Crippen molar-refractivity contribution in [1.29, 1.82) is 0 Å². The van der Waals surface area contributed by atoms with Crippen LogP contribution in [-0.4, -0.2) is 23.1 Å². The summed E-state index contributed by atoms with van der Waals surface area (Å²) in [6.45, 7) is 6.13. The molecule has 1 heterocycles. The summed E-state index contributed by atoms with van der Waals surface area (Å²) in [6, 6.07) is 1.93. The Morgan fingerprint density at radius 1 is 1.16 bits per heavy atom. The lowest BCUT2D eigenvalue weighted by Gasteiger charge is -2.28. The maximum Gasteiger partial charge on any atom is 0.223 e. The second kappa shape index (κ2) is 6.08. The predicted molar refractivity (Wildman–Crippen MR) is 80.3 cm³/mol. The van der Waals surface area contributed by atoms with E-state index in [1.807, 2.05) is 13.0 Å². The van der Waals surface area contributed by atoms with Gasteiger partial charge in [0.1, 0.15) is 11.6 Å². The van der Waals surface area contributed by atoms with Crippen LogP contribution in [0.1, 0.15) is 46.0 Å². The SMILES string of the molecule is CCNc1cc(NCC2(CC)CCCC2)nc(N)n1. The van der Waals surface area contributed by atoms with Gasteiger partial charge in [-0.3, -0.25) is 0 Å². The van der Waals surface area contributed by atoms with Crippen LogP contribution in [0, 0.1) is 5.41 Å². The summed E-state index contributed by atoms with van der Waals surface area (Å²) in [6.07, 6.45) is 6.56. The average Bonchev–Trinajstić information content (AvgIpc) is 2.86. The van der Waals surface area contributed by atoms with E-state index in [1.165, 1.54) is 32.1 Å². The molecule has 4 N–H and O–H groups in total. The fourth-order valence-corrected chi connectivity index (χ4v) is 2.89. The smallest absolute Gasteiger partial charge is 0.223 e. The number of hydrogen-bond acceptors (Lipinski definition) is 5. The number of rotatable bonds is 6. The number of nitrogens with zero attached hydrogens (tertiary/aromatic N) is 2. The second-order valence-corrected chi connectivity index (χ2v) is 5.44. The van der Waals surface area contributed by atoms with Gasteiger partial charge in [0.15, 0.2) is 0 Å². The Kier molecular flexibility index (Phi) is 4.45. The van der Waals surface area contributed by atoms with Gasteiger partial charge in [0.2, 0.25) is 5.95 Å². The van der Waals surface area contributed by atoms with Crippen LogP contribution in [0.15, 0.2) is 6.07 Å². The molecule has 0 unspecified atom stereocenters. The Labute approximate surface area is 115 Å². The molecule has 0 aliphatic heterocycles. The lowest BCUT2D eigenvalue weighted by Crippen LogP contribution is -2.26. The van der Waals surface area contributed by atoms with Gasteiger partial charge < -0.3 is 16.4 Å². The normalized spacial score (nSPS) is 17.4. The van der Waals surface area contributed by atoms with E-state index in [4.69, 9.17) is 5.73 Å². The lowest BCUT2D eigenvalue weighted by atomic mass is 9.83. The van der Waals surface area contributed by atoms with Gasteiger partial charge in [-0.2, -0.15) is 9.97 Å². The standard InChI is InChI=1S/C14H25N5/c1-3-14(7-5-6-8-14)10-17-12-9-11(16-4-2)18-13(15)19-12/h9H,3-8,10H2,1-2H3,(H4,15,16,17,18,19). The number of aromatic nitrogens is 2. The van der Waals surface area contributed by atoms with E-state index in [2.05, 4.69) is 27.5 Å². The van der Waals surface area contributed by atoms with E-state index in [1.54, 1.807) is 0 Å². The quantitative estimate of drug-likeness (QED) is 0.735. The molecule has 106 valence electrons. The fourth-order valence-electron chi connectivity index (χ4n) is 2.89. The predicted octanol–water partition coefficient (Wildman–Crippen LogP) is 2.87. The summed E-state index contributed by atoms with van der Waals surface area (Å²) in [5.41, 5.74) is 6.18. The molecule has 0 bridgehead atoms. The number of nitrogens with one attached hydrogen (secondary N) is 2. The molecule has 19 heavy (non-hydrogen) atoms. The van der Waals surface area contributed by atoms with Gasteiger partial charge in [-0.25, -0.2) is 0 Å². The zero-order valence-electron chi connectivity index (χ0n) is 12.0. The van der Waals surface area contributed by atoms with E-state index in [0.29, 0.717) is 11.4 Å². The van der Waals surface area contributed by atoms with Crippen molar-refractivity contribution >= 4 is 17.6 Å². The van der Waals surface area contributed by atoms with Crippen molar-refractivity contribution in [2.45, 2.75) is 46.0 Å². The van der Waals surface area contributed by atoms with E-state index >= 15 is 0 Å². The van der Waals surface area contributed by atoms with Crippen molar-refractivity contribution in [3.05, 3.63) is 6.07 Å². The van der Waals surface area contributed by atoms with Crippen LogP contribution in [-0.2, 0) is 0 Å². The molecule has 5 heteroatoms. The van der Waals surface area contributed by atoms with Crippen LogP contribution >= 0.6 is 0 Å². The van der Waals surface area contributed by atoms with Crippen molar-refractivity contribution < 1.29 is 0 Å². The third kappa shape index (κ3) is 3.49. The first-order valence-electron chi connectivity index (χ1n) is 7.30. The Bertz CT molecular complexity index is 412. The van der Waals surface area contributed by atoms with Gasteiger partial charge in [0, 0.05) is 19.2 Å². The zero-order valence-corrected chi connectivity index (χ0v) is 12.0. The van der Waals surface area contributed by atoms with Crippen LogP contribution in [0.4, 0.5) is 17.6 Å². The van der Waals surface area contributed by atoms with Crippen molar-refractivity contribution in [2.24, 2.45) is 5.41 Å². The van der Waals surface area contributed by atoms with Crippen LogP contribution in [0.3, 0.4) is 0 Å². The molecule has 1 aromatic rings. The minimum absolute atomic E-state index is 0.318. The van der Waals surface area contributed by atoms with Crippen molar-refractivity contribution in [3.63, 3.8) is 0 Å². The summed E-state index contributed by atoms with van der Waals surface area (Å²) in [5, 5.41) is 6.62. The van der Waals surface area contributed by atoms with E-state index < -0.39 is 0 Å². The highest BCUT2D eigenvalue weighted by Gasteiger charge is 2.31. The summed E-state index contributed by atoms with van der Waals surface area (Å²) in [7, 11) is 0. The Morgan fingerprint density at radius 2 is 1.79 bits per heavy atom. The lowest BCUT2D eigenvalue weighted by molar-refractivity contribution is 0.306. The van der Waals surface area contributed by atoms with Gasteiger partial charge in [0.25, 0.3) is 0 Å². The molecular formula is C14H25N5. The highest BCUT2D eigenvalue weighted by atomic mass is 15.1. The largest absolute Gasteiger partial charge is 0.370 e. The zero-order chi connectivity index (χ0) is 13.7. The Balaban J connectivity index is 2.02. The molecule has 1 fully saturated rings. The van der Waals surface area contributed by atoms with E-state index in [0.717, 1.165) is 24.7 Å². The van der Waals surface area contributed by atoms with Crippen LogP contribution in [0.25, 0.3) is 0 Å². The first-order chi connectivity index (χ1) is 9.17. The summed E-state index contributed by atoms with van der Waals surface area (Å²) in [4.78, 5) is 8.41. The second-order valence-electron chi connectivity index (χ2n) is 5.44. The molecule has 0 aromatic carbocycles.